The van der Waals surface area contributed by atoms with E-state index in [1.54, 1.807) is 29.6 Å². The number of hydrogen-bond acceptors (Lipinski definition) is 5. The molecule has 150 valence electrons. The lowest BCUT2D eigenvalue weighted by molar-refractivity contribution is -0.116. The number of aryl methyl sites for hydroxylation is 1. The van der Waals surface area contributed by atoms with Gasteiger partial charge in [-0.1, -0.05) is 29.8 Å². The molecule has 0 unspecified atom stereocenters. The third kappa shape index (κ3) is 3.68. The molecule has 29 heavy (non-hydrogen) atoms. The minimum atomic E-state index is -3.72. The first-order valence-electron chi connectivity index (χ1n) is 9.36. The molecule has 3 aromatic rings. The van der Waals surface area contributed by atoms with E-state index in [0.717, 1.165) is 21.8 Å². The average Bonchev–Trinajstić information content (AvgIpc) is 3.13. The molecule has 1 aromatic heterocycles. The van der Waals surface area contributed by atoms with Gasteiger partial charge in [-0.15, -0.1) is 11.3 Å². The van der Waals surface area contributed by atoms with E-state index in [1.807, 2.05) is 38.1 Å². The number of carbonyl (C=O) groups is 1. The van der Waals surface area contributed by atoms with Gasteiger partial charge in [-0.25, -0.2) is 8.42 Å². The van der Waals surface area contributed by atoms with Crippen LogP contribution in [0.25, 0.3) is 0 Å². The van der Waals surface area contributed by atoms with Gasteiger partial charge in [0.15, 0.2) is 0 Å². The zero-order chi connectivity index (χ0) is 20.6. The Labute approximate surface area is 174 Å². The highest BCUT2D eigenvalue weighted by Crippen LogP contribution is 2.46. The number of benzene rings is 2. The van der Waals surface area contributed by atoms with Gasteiger partial charge in [0.05, 0.1) is 17.2 Å². The number of amides is 1. The van der Waals surface area contributed by atoms with Crippen molar-refractivity contribution >= 4 is 32.8 Å². The van der Waals surface area contributed by atoms with Gasteiger partial charge in [0.1, 0.15) is 10.6 Å². The minimum Gasteiger partial charge on any atom is -0.494 e. The van der Waals surface area contributed by atoms with Crippen LogP contribution in [-0.4, -0.2) is 20.9 Å². The third-order valence-electron chi connectivity index (χ3n) is 4.97. The quantitative estimate of drug-likeness (QED) is 0.637. The number of rotatable bonds is 5. The second kappa shape index (κ2) is 7.65. The van der Waals surface area contributed by atoms with E-state index in [-0.39, 0.29) is 28.0 Å². The van der Waals surface area contributed by atoms with Crippen LogP contribution in [-0.2, 0) is 14.6 Å². The van der Waals surface area contributed by atoms with Crippen LogP contribution in [0.5, 0.6) is 5.75 Å². The van der Waals surface area contributed by atoms with Crippen molar-refractivity contribution in [2.45, 2.75) is 36.0 Å². The van der Waals surface area contributed by atoms with Gasteiger partial charge in [0.2, 0.25) is 15.7 Å². The molecule has 5 nitrogen and oxygen atoms in total. The van der Waals surface area contributed by atoms with Gasteiger partial charge in [-0.2, -0.15) is 0 Å². The summed E-state index contributed by atoms with van der Waals surface area (Å²) >= 11 is 1.37. The monoisotopic (exact) mass is 427 g/mol. The molecule has 1 N–H and O–H groups in total. The van der Waals surface area contributed by atoms with Crippen molar-refractivity contribution in [3.8, 4) is 5.75 Å². The number of carbonyl (C=O) groups excluding carboxylic acids is 1. The van der Waals surface area contributed by atoms with E-state index in [9.17, 15) is 13.2 Å². The molecule has 0 saturated heterocycles. The Hall–Kier alpha value is -2.64. The topological polar surface area (TPSA) is 72.5 Å². The lowest BCUT2D eigenvalue weighted by Crippen LogP contribution is -2.23. The highest BCUT2D eigenvalue weighted by atomic mass is 32.2. The summed E-state index contributed by atoms with van der Waals surface area (Å²) in [6, 6.07) is 14.4. The molecule has 0 saturated carbocycles. The fourth-order valence-electron chi connectivity index (χ4n) is 3.48. The number of fused-ring (bicyclic) bond motifs is 1. The second-order valence-corrected chi connectivity index (χ2v) is 9.79. The Kier molecular flexibility index (Phi) is 5.19. The van der Waals surface area contributed by atoms with Gasteiger partial charge >= 0.3 is 0 Å². The standard InChI is InChI=1S/C22H21NO4S2/c1-3-27-16-8-6-15(7-9-16)18-12-20(24)23-21-19(13-28-22(18)21)29(25,26)17-10-4-14(2)5-11-17/h4-11,13,18H,3,12H2,1-2H3,(H,23,24)/t18-/m1/s1. The van der Waals surface area contributed by atoms with Crippen molar-refractivity contribution in [2.24, 2.45) is 0 Å². The Bertz CT molecular complexity index is 1150. The normalized spacial score (nSPS) is 16.2. The number of sulfone groups is 1. The van der Waals surface area contributed by atoms with Crippen molar-refractivity contribution in [3.63, 3.8) is 0 Å². The molecule has 0 bridgehead atoms. The fourth-order valence-corrected chi connectivity index (χ4v) is 6.39. The van der Waals surface area contributed by atoms with Crippen LogP contribution in [0.3, 0.4) is 0 Å². The van der Waals surface area contributed by atoms with Gasteiger partial charge in [0, 0.05) is 22.6 Å². The van der Waals surface area contributed by atoms with E-state index >= 15 is 0 Å². The Morgan fingerprint density at radius 1 is 1.10 bits per heavy atom. The van der Waals surface area contributed by atoms with Gasteiger partial charge in [0.25, 0.3) is 0 Å². The molecule has 0 spiro atoms. The SMILES string of the molecule is CCOc1ccc([C@H]2CC(=O)Nc3c(S(=O)(=O)c4ccc(C)cc4)csc32)cc1. The molecule has 2 aromatic carbocycles. The van der Waals surface area contributed by atoms with Crippen molar-refractivity contribution in [3.05, 3.63) is 69.9 Å². The van der Waals surface area contributed by atoms with Crippen LogP contribution in [0.1, 0.15) is 35.3 Å². The summed E-state index contributed by atoms with van der Waals surface area (Å²) < 4.78 is 31.9. The second-order valence-electron chi connectivity index (χ2n) is 6.96. The zero-order valence-corrected chi connectivity index (χ0v) is 17.8. The first kappa shape index (κ1) is 19.7. The van der Waals surface area contributed by atoms with Crippen LogP contribution in [0.4, 0.5) is 5.69 Å². The predicted octanol–water partition coefficient (Wildman–Crippen LogP) is 4.76. The van der Waals surface area contributed by atoms with E-state index in [1.165, 1.54) is 11.3 Å². The number of anilines is 1. The van der Waals surface area contributed by atoms with Crippen LogP contribution < -0.4 is 10.1 Å². The Balaban J connectivity index is 1.75. The number of nitrogens with one attached hydrogen (secondary N) is 1. The van der Waals surface area contributed by atoms with E-state index in [2.05, 4.69) is 5.32 Å². The zero-order valence-electron chi connectivity index (χ0n) is 16.1. The van der Waals surface area contributed by atoms with Crippen LogP contribution in [0, 0.1) is 6.92 Å². The van der Waals surface area contributed by atoms with Crippen LogP contribution >= 0.6 is 11.3 Å². The summed E-state index contributed by atoms with van der Waals surface area (Å²) in [4.78, 5) is 13.7. The molecule has 1 amide bonds. The number of thiophene rings is 1. The molecule has 0 radical (unpaired) electrons. The summed E-state index contributed by atoms with van der Waals surface area (Å²) in [7, 11) is -3.72. The van der Waals surface area contributed by atoms with Crippen molar-refractivity contribution in [1.29, 1.82) is 0 Å². The first-order chi connectivity index (χ1) is 13.9. The molecule has 2 heterocycles. The van der Waals surface area contributed by atoms with Gasteiger partial charge < -0.3 is 10.1 Å². The fraction of sp³-hybridized carbons (Fsp3) is 0.227. The van der Waals surface area contributed by atoms with Crippen LogP contribution in [0.15, 0.2) is 63.7 Å². The highest BCUT2D eigenvalue weighted by Gasteiger charge is 2.34. The summed E-state index contributed by atoms with van der Waals surface area (Å²) in [5.74, 6) is 0.405. The van der Waals surface area contributed by atoms with Crippen molar-refractivity contribution in [2.75, 3.05) is 11.9 Å². The molecule has 1 atom stereocenters. The van der Waals surface area contributed by atoms with E-state index in [0.29, 0.717) is 12.3 Å². The van der Waals surface area contributed by atoms with Crippen molar-refractivity contribution in [1.82, 2.24) is 0 Å². The molecule has 0 fully saturated rings. The van der Waals surface area contributed by atoms with Crippen molar-refractivity contribution < 1.29 is 17.9 Å². The minimum absolute atomic E-state index is 0.158. The summed E-state index contributed by atoms with van der Waals surface area (Å²) in [6.45, 7) is 4.41. The highest BCUT2D eigenvalue weighted by molar-refractivity contribution is 7.91. The Morgan fingerprint density at radius 3 is 2.45 bits per heavy atom. The summed E-state index contributed by atoms with van der Waals surface area (Å²) in [5, 5.41) is 4.43. The maximum absolute atomic E-state index is 13.2. The lowest BCUT2D eigenvalue weighted by Gasteiger charge is -2.24. The first-order valence-corrected chi connectivity index (χ1v) is 11.7. The molecule has 7 heteroatoms. The molecule has 4 rings (SSSR count). The van der Waals surface area contributed by atoms with E-state index < -0.39 is 9.84 Å². The largest absolute Gasteiger partial charge is 0.494 e. The van der Waals surface area contributed by atoms with E-state index in [4.69, 9.17) is 4.74 Å². The number of hydrogen-bond donors (Lipinski definition) is 1. The molecule has 0 aliphatic carbocycles. The van der Waals surface area contributed by atoms with Crippen LogP contribution in [0.2, 0.25) is 0 Å². The Morgan fingerprint density at radius 2 is 1.79 bits per heavy atom. The average molecular weight is 428 g/mol. The maximum Gasteiger partial charge on any atom is 0.225 e. The maximum atomic E-state index is 13.2. The van der Waals surface area contributed by atoms with Gasteiger partial charge in [-0.3, -0.25) is 4.79 Å². The lowest BCUT2D eigenvalue weighted by atomic mass is 9.90. The summed E-state index contributed by atoms with van der Waals surface area (Å²) in [6.07, 6.45) is 0.283. The molecule has 1 aliphatic rings. The molecule has 1 aliphatic heterocycles. The third-order valence-corrected chi connectivity index (χ3v) is 8.01. The molecular weight excluding hydrogens is 406 g/mol. The summed E-state index contributed by atoms with van der Waals surface area (Å²) in [5.41, 5.74) is 2.36. The number of ether oxygens (including phenoxy) is 1. The smallest absolute Gasteiger partial charge is 0.225 e. The predicted molar refractivity (Wildman–Crippen MR) is 114 cm³/mol. The molecular formula is C22H21NO4S2. The van der Waals surface area contributed by atoms with Gasteiger partial charge in [-0.05, 0) is 43.7 Å².